The van der Waals surface area contributed by atoms with E-state index >= 15 is 0 Å². The first-order valence-electron chi connectivity index (χ1n) is 8.47. The molecule has 1 aromatic carbocycles. The molecule has 0 saturated carbocycles. The highest BCUT2D eigenvalue weighted by Crippen LogP contribution is 2.32. The summed E-state index contributed by atoms with van der Waals surface area (Å²) in [5.41, 5.74) is 5.78. The minimum Gasteiger partial charge on any atom is -0.403 e. The molecule has 4 nitrogen and oxygen atoms in total. The van der Waals surface area contributed by atoms with Crippen LogP contribution in [0.3, 0.4) is 0 Å². The summed E-state index contributed by atoms with van der Waals surface area (Å²) in [4.78, 5) is 13.9. The Bertz CT molecular complexity index is 625. The van der Waals surface area contributed by atoms with Crippen LogP contribution in [0.4, 0.5) is 8.78 Å². The maximum atomic E-state index is 14.4. The molecule has 1 aromatic rings. The summed E-state index contributed by atoms with van der Waals surface area (Å²) in [6.45, 7) is 5.81. The van der Waals surface area contributed by atoms with Crippen LogP contribution in [0, 0.1) is 11.7 Å². The molecular weight excluding hydrogens is 324 g/mol. The Kier molecular flexibility index (Phi) is 7.13. The fourth-order valence-corrected chi connectivity index (χ4v) is 3.10. The second-order valence-corrected chi connectivity index (χ2v) is 6.38. The normalized spacial score (nSPS) is 17.5. The zero-order chi connectivity index (χ0) is 18.2. The van der Waals surface area contributed by atoms with E-state index in [9.17, 15) is 13.6 Å². The van der Waals surface area contributed by atoms with Crippen molar-refractivity contribution in [2.75, 3.05) is 19.6 Å². The Morgan fingerprint density at radius 1 is 1.40 bits per heavy atom. The number of piperidine rings is 1. The van der Waals surface area contributed by atoms with Crippen molar-refractivity contribution in [2.24, 2.45) is 11.7 Å². The number of carbonyl (C=O) groups is 1. The molecule has 3 N–H and O–H groups in total. The lowest BCUT2D eigenvalue weighted by molar-refractivity contribution is -0.116. The van der Waals surface area contributed by atoms with Gasteiger partial charge in [-0.15, -0.1) is 0 Å². The van der Waals surface area contributed by atoms with Crippen LogP contribution in [0.5, 0.6) is 0 Å². The largest absolute Gasteiger partial charge is 0.403 e. The number of rotatable bonds is 7. The second-order valence-electron chi connectivity index (χ2n) is 6.38. The van der Waals surface area contributed by atoms with E-state index in [1.54, 1.807) is 12.1 Å². The quantitative estimate of drug-likeness (QED) is 0.744. The molecule has 0 bridgehead atoms. The third kappa shape index (κ3) is 5.67. The number of carbonyl (C=O) groups excluding carboxylic acids is 1. The van der Waals surface area contributed by atoms with E-state index in [0.29, 0.717) is 18.5 Å². The molecule has 6 heteroatoms. The summed E-state index contributed by atoms with van der Waals surface area (Å²) in [5.74, 6) is -0.526. The molecule has 1 aliphatic heterocycles. The highest BCUT2D eigenvalue weighted by molar-refractivity contribution is 5.93. The van der Waals surface area contributed by atoms with Crippen LogP contribution < -0.4 is 11.1 Å². The Morgan fingerprint density at radius 3 is 2.72 bits per heavy atom. The second kappa shape index (κ2) is 9.32. The lowest BCUT2D eigenvalue weighted by atomic mass is 9.89. The van der Waals surface area contributed by atoms with E-state index < -0.39 is 12.0 Å². The van der Waals surface area contributed by atoms with Gasteiger partial charge in [0.05, 0.1) is 0 Å². The van der Waals surface area contributed by atoms with Gasteiger partial charge in [-0.1, -0.05) is 24.8 Å². The molecule has 1 heterocycles. The first-order valence-corrected chi connectivity index (χ1v) is 8.47. The van der Waals surface area contributed by atoms with Gasteiger partial charge in [0.1, 0.15) is 12.0 Å². The molecule has 2 rings (SSSR count). The highest BCUT2D eigenvalue weighted by Gasteiger charge is 2.25. The molecule has 1 atom stereocenters. The number of alkyl halides is 1. The first-order chi connectivity index (χ1) is 12.0. The van der Waals surface area contributed by atoms with Crippen LogP contribution in [0.15, 0.2) is 48.8 Å². The number of amides is 1. The molecule has 0 aromatic heterocycles. The van der Waals surface area contributed by atoms with E-state index in [4.69, 9.17) is 5.73 Å². The third-order valence-electron chi connectivity index (χ3n) is 4.54. The van der Waals surface area contributed by atoms with Crippen molar-refractivity contribution in [1.82, 2.24) is 10.2 Å². The zero-order valence-corrected chi connectivity index (χ0v) is 14.3. The smallest absolute Gasteiger partial charge is 0.251 e. The van der Waals surface area contributed by atoms with Gasteiger partial charge in [-0.2, -0.15) is 0 Å². The summed E-state index contributed by atoms with van der Waals surface area (Å²) in [6.07, 6.45) is 3.32. The van der Waals surface area contributed by atoms with Gasteiger partial charge < -0.3 is 11.1 Å². The van der Waals surface area contributed by atoms with Gasteiger partial charge >= 0.3 is 0 Å². The molecular formula is C19H25F2N3O. The van der Waals surface area contributed by atoms with Crippen LogP contribution in [0.1, 0.15) is 31.0 Å². The minimum atomic E-state index is -1.28. The van der Waals surface area contributed by atoms with Crippen LogP contribution in [-0.2, 0) is 4.79 Å². The van der Waals surface area contributed by atoms with E-state index in [-0.39, 0.29) is 17.4 Å². The topological polar surface area (TPSA) is 58.4 Å². The molecule has 1 unspecified atom stereocenters. The zero-order valence-electron chi connectivity index (χ0n) is 14.3. The molecule has 25 heavy (non-hydrogen) atoms. The number of likely N-dealkylation sites (tertiary alicyclic amines) is 1. The standard InChI is InChI=1S/C19H25F2N3O/c1-14(19(25)23-9-8-22)13-24-10-6-15(7-11-24)12-18(21)16-4-2-3-5-17(16)20/h2-5,8-9,15,18H,1,6-7,10-13,22H2,(H,23,25)/b9-8-. The Morgan fingerprint density at radius 2 is 2.08 bits per heavy atom. The van der Waals surface area contributed by atoms with Crippen molar-refractivity contribution in [1.29, 1.82) is 0 Å². The van der Waals surface area contributed by atoms with Gasteiger partial charge in [0.25, 0.3) is 5.91 Å². The van der Waals surface area contributed by atoms with Crippen molar-refractivity contribution < 1.29 is 13.6 Å². The van der Waals surface area contributed by atoms with Crippen molar-refractivity contribution in [2.45, 2.75) is 25.4 Å². The Hall–Kier alpha value is -2.21. The lowest BCUT2D eigenvalue weighted by Crippen LogP contribution is -2.37. The number of nitrogens with two attached hydrogens (primary N) is 1. The monoisotopic (exact) mass is 349 g/mol. The molecule has 1 fully saturated rings. The molecule has 1 aliphatic rings. The highest BCUT2D eigenvalue weighted by atomic mass is 19.1. The Balaban J connectivity index is 1.77. The number of halogens is 2. The van der Waals surface area contributed by atoms with Crippen molar-refractivity contribution in [3.05, 3.63) is 60.2 Å². The summed E-state index contributed by atoms with van der Waals surface area (Å²) in [6, 6.07) is 6.02. The third-order valence-corrected chi connectivity index (χ3v) is 4.54. The molecule has 0 radical (unpaired) electrons. The van der Waals surface area contributed by atoms with Crippen molar-refractivity contribution in [3.63, 3.8) is 0 Å². The molecule has 136 valence electrons. The Labute approximate surface area is 147 Å². The summed E-state index contributed by atoms with van der Waals surface area (Å²) in [5, 5.41) is 2.52. The summed E-state index contributed by atoms with van der Waals surface area (Å²) < 4.78 is 28.0. The van der Waals surface area contributed by atoms with Crippen LogP contribution >= 0.6 is 0 Å². The SMILES string of the molecule is C=C(CN1CCC(CC(F)c2ccccc2F)CC1)C(=O)N/C=C\N. The van der Waals surface area contributed by atoms with Gasteiger partial charge in [-0.05, 0) is 44.3 Å². The predicted octanol–water partition coefficient (Wildman–Crippen LogP) is 3.04. The van der Waals surface area contributed by atoms with Crippen molar-refractivity contribution >= 4 is 5.91 Å². The van der Waals surface area contributed by atoms with Gasteiger partial charge in [0.2, 0.25) is 0 Å². The lowest BCUT2D eigenvalue weighted by Gasteiger charge is -2.32. The predicted molar refractivity (Wildman–Crippen MR) is 94.6 cm³/mol. The van der Waals surface area contributed by atoms with Gasteiger partial charge in [0, 0.05) is 30.1 Å². The maximum absolute atomic E-state index is 14.4. The van der Waals surface area contributed by atoms with Gasteiger partial charge in [-0.3, -0.25) is 9.69 Å². The van der Waals surface area contributed by atoms with Crippen LogP contribution in [0.2, 0.25) is 0 Å². The number of nitrogens with zero attached hydrogens (tertiary/aromatic N) is 1. The fourth-order valence-electron chi connectivity index (χ4n) is 3.10. The molecule has 1 saturated heterocycles. The van der Waals surface area contributed by atoms with Gasteiger partial charge in [0.15, 0.2) is 0 Å². The van der Waals surface area contributed by atoms with E-state index in [1.807, 2.05) is 0 Å². The molecule has 1 amide bonds. The molecule has 0 spiro atoms. The fraction of sp³-hybridized carbons (Fsp3) is 0.421. The van der Waals surface area contributed by atoms with E-state index in [2.05, 4.69) is 16.8 Å². The van der Waals surface area contributed by atoms with Crippen molar-refractivity contribution in [3.8, 4) is 0 Å². The van der Waals surface area contributed by atoms with Gasteiger partial charge in [-0.25, -0.2) is 8.78 Å². The minimum absolute atomic E-state index is 0.142. The van der Waals surface area contributed by atoms with E-state index in [1.165, 1.54) is 24.5 Å². The maximum Gasteiger partial charge on any atom is 0.251 e. The van der Waals surface area contributed by atoms with Crippen LogP contribution in [0.25, 0.3) is 0 Å². The average molecular weight is 349 g/mol. The molecule has 0 aliphatic carbocycles. The number of hydrogen-bond acceptors (Lipinski definition) is 3. The first kappa shape index (κ1) is 19.1. The van der Waals surface area contributed by atoms with Crippen LogP contribution in [-0.4, -0.2) is 30.4 Å². The number of nitrogens with one attached hydrogen (secondary N) is 1. The summed E-state index contributed by atoms with van der Waals surface area (Å²) >= 11 is 0. The number of hydrogen-bond donors (Lipinski definition) is 2. The average Bonchev–Trinajstić information content (AvgIpc) is 2.61. The van der Waals surface area contributed by atoms with E-state index in [0.717, 1.165) is 25.9 Å². The number of benzene rings is 1. The summed E-state index contributed by atoms with van der Waals surface area (Å²) in [7, 11) is 0.